The highest BCUT2D eigenvalue weighted by atomic mass is 16.5. The van der Waals surface area contributed by atoms with Crippen LogP contribution >= 0.6 is 0 Å². The van der Waals surface area contributed by atoms with Crippen molar-refractivity contribution in [2.75, 3.05) is 14.2 Å². The maximum Gasteiger partial charge on any atom is 0.260 e. The van der Waals surface area contributed by atoms with E-state index in [1.54, 1.807) is 26.3 Å². The second-order valence-corrected chi connectivity index (χ2v) is 3.28. The van der Waals surface area contributed by atoms with Crippen LogP contribution in [0.3, 0.4) is 0 Å². The fourth-order valence-electron chi connectivity index (χ4n) is 1.35. The molecular formula is C12H17NO3. The first-order valence-electron chi connectivity index (χ1n) is 5.24. The first-order valence-corrected chi connectivity index (χ1v) is 5.24. The zero-order valence-corrected chi connectivity index (χ0v) is 9.82. The van der Waals surface area contributed by atoms with Gasteiger partial charge in [-0.25, -0.2) is 0 Å². The lowest BCUT2D eigenvalue weighted by molar-refractivity contribution is -0.127. The zero-order valence-electron chi connectivity index (χ0n) is 9.82. The van der Waals surface area contributed by atoms with Crippen LogP contribution in [0.2, 0.25) is 0 Å². The molecule has 0 spiro atoms. The standard InChI is InChI=1S/C12H17NO3/c1-4-9(12(14)13-2)16-11-8-6-5-7-10(11)15-3/h5-9H,4H2,1-3H3,(H,13,14)/t9-/m1/s1. The number of benzene rings is 1. The molecule has 88 valence electrons. The monoisotopic (exact) mass is 223 g/mol. The summed E-state index contributed by atoms with van der Waals surface area (Å²) in [5, 5.41) is 2.57. The molecule has 16 heavy (non-hydrogen) atoms. The Hall–Kier alpha value is -1.71. The average Bonchev–Trinajstić information content (AvgIpc) is 2.35. The number of para-hydroxylation sites is 2. The van der Waals surface area contributed by atoms with Crippen LogP contribution in [0.4, 0.5) is 0 Å². The lowest BCUT2D eigenvalue weighted by atomic mass is 10.2. The minimum absolute atomic E-state index is 0.131. The largest absolute Gasteiger partial charge is 0.493 e. The number of ether oxygens (including phenoxy) is 2. The molecule has 0 fully saturated rings. The molecule has 0 unspecified atom stereocenters. The quantitative estimate of drug-likeness (QED) is 0.824. The fourth-order valence-corrected chi connectivity index (χ4v) is 1.35. The van der Waals surface area contributed by atoms with Gasteiger partial charge in [-0.1, -0.05) is 19.1 Å². The highest BCUT2D eigenvalue weighted by molar-refractivity contribution is 5.80. The summed E-state index contributed by atoms with van der Waals surface area (Å²) < 4.78 is 10.7. The van der Waals surface area contributed by atoms with Gasteiger partial charge in [-0.2, -0.15) is 0 Å². The van der Waals surface area contributed by atoms with Crippen LogP contribution in [-0.2, 0) is 4.79 Å². The molecule has 0 radical (unpaired) electrons. The van der Waals surface area contributed by atoms with E-state index < -0.39 is 6.10 Å². The van der Waals surface area contributed by atoms with E-state index in [2.05, 4.69) is 5.32 Å². The normalized spacial score (nSPS) is 11.7. The Morgan fingerprint density at radius 1 is 1.38 bits per heavy atom. The van der Waals surface area contributed by atoms with Gasteiger partial charge in [0.05, 0.1) is 7.11 Å². The van der Waals surface area contributed by atoms with Gasteiger partial charge in [0.2, 0.25) is 0 Å². The summed E-state index contributed by atoms with van der Waals surface area (Å²) in [7, 11) is 3.17. The molecule has 0 heterocycles. The first-order chi connectivity index (χ1) is 7.72. The average molecular weight is 223 g/mol. The molecule has 0 saturated carbocycles. The second kappa shape index (κ2) is 6.00. The van der Waals surface area contributed by atoms with Crippen LogP contribution in [0, 0.1) is 0 Å². The van der Waals surface area contributed by atoms with Crippen molar-refractivity contribution < 1.29 is 14.3 Å². The zero-order chi connectivity index (χ0) is 12.0. The molecule has 4 nitrogen and oxygen atoms in total. The molecule has 0 aliphatic heterocycles. The van der Waals surface area contributed by atoms with Gasteiger partial charge in [0.25, 0.3) is 5.91 Å². The van der Waals surface area contributed by atoms with E-state index in [1.165, 1.54) is 0 Å². The molecule has 1 aromatic rings. The van der Waals surface area contributed by atoms with Gasteiger partial charge in [0.15, 0.2) is 17.6 Å². The van der Waals surface area contributed by atoms with E-state index >= 15 is 0 Å². The minimum atomic E-state index is -0.485. The molecule has 0 aliphatic rings. The second-order valence-electron chi connectivity index (χ2n) is 3.28. The molecule has 0 saturated heterocycles. The molecule has 0 aliphatic carbocycles. The number of carbonyl (C=O) groups is 1. The molecule has 1 N–H and O–H groups in total. The van der Waals surface area contributed by atoms with Gasteiger partial charge in [0.1, 0.15) is 0 Å². The number of hydrogen-bond donors (Lipinski definition) is 1. The number of amides is 1. The molecule has 0 bridgehead atoms. The van der Waals surface area contributed by atoms with Crippen molar-refractivity contribution in [3.05, 3.63) is 24.3 Å². The smallest absolute Gasteiger partial charge is 0.260 e. The van der Waals surface area contributed by atoms with Crippen LogP contribution in [0.5, 0.6) is 11.5 Å². The van der Waals surface area contributed by atoms with Crippen molar-refractivity contribution in [1.29, 1.82) is 0 Å². The highest BCUT2D eigenvalue weighted by Crippen LogP contribution is 2.27. The molecule has 1 atom stereocenters. The van der Waals surface area contributed by atoms with Crippen LogP contribution in [0.1, 0.15) is 13.3 Å². The van der Waals surface area contributed by atoms with E-state index in [9.17, 15) is 4.79 Å². The van der Waals surface area contributed by atoms with E-state index in [-0.39, 0.29) is 5.91 Å². The maximum absolute atomic E-state index is 11.5. The van der Waals surface area contributed by atoms with Crippen molar-refractivity contribution in [2.45, 2.75) is 19.4 Å². The number of rotatable bonds is 5. The first kappa shape index (κ1) is 12.4. The summed E-state index contributed by atoms with van der Waals surface area (Å²) in [5.74, 6) is 1.08. The minimum Gasteiger partial charge on any atom is -0.493 e. The number of methoxy groups -OCH3 is 1. The van der Waals surface area contributed by atoms with Crippen molar-refractivity contribution in [2.24, 2.45) is 0 Å². The summed E-state index contributed by atoms with van der Waals surface area (Å²) in [6.07, 6.45) is 0.124. The summed E-state index contributed by atoms with van der Waals surface area (Å²) >= 11 is 0. The van der Waals surface area contributed by atoms with E-state index in [0.717, 1.165) is 0 Å². The van der Waals surface area contributed by atoms with E-state index in [1.807, 2.05) is 19.1 Å². The number of hydrogen-bond acceptors (Lipinski definition) is 3. The SMILES string of the molecule is CC[C@@H](Oc1ccccc1OC)C(=O)NC. The Balaban J connectivity index is 2.81. The summed E-state index contributed by atoms with van der Waals surface area (Å²) in [6, 6.07) is 7.28. The Morgan fingerprint density at radius 2 is 2.00 bits per heavy atom. The van der Waals surface area contributed by atoms with Crippen molar-refractivity contribution in [3.8, 4) is 11.5 Å². The molecule has 1 rings (SSSR count). The van der Waals surface area contributed by atoms with Crippen molar-refractivity contribution in [3.63, 3.8) is 0 Å². The third kappa shape index (κ3) is 2.89. The van der Waals surface area contributed by atoms with Gasteiger partial charge < -0.3 is 14.8 Å². The van der Waals surface area contributed by atoms with E-state index in [4.69, 9.17) is 9.47 Å². The third-order valence-electron chi connectivity index (χ3n) is 2.25. The Morgan fingerprint density at radius 3 is 2.50 bits per heavy atom. The van der Waals surface area contributed by atoms with E-state index in [0.29, 0.717) is 17.9 Å². The third-order valence-corrected chi connectivity index (χ3v) is 2.25. The lowest BCUT2D eigenvalue weighted by Gasteiger charge is -2.17. The Kier molecular flexibility index (Phi) is 4.64. The number of nitrogens with one attached hydrogen (secondary N) is 1. The number of carbonyl (C=O) groups excluding carboxylic acids is 1. The summed E-state index contributed by atoms with van der Waals surface area (Å²) in [6.45, 7) is 1.90. The molecule has 4 heteroatoms. The van der Waals surface area contributed by atoms with Gasteiger partial charge in [-0.15, -0.1) is 0 Å². The van der Waals surface area contributed by atoms with Crippen LogP contribution in [0.15, 0.2) is 24.3 Å². The summed E-state index contributed by atoms with van der Waals surface area (Å²) in [4.78, 5) is 11.5. The van der Waals surface area contributed by atoms with Gasteiger partial charge >= 0.3 is 0 Å². The summed E-state index contributed by atoms with van der Waals surface area (Å²) in [5.41, 5.74) is 0. The van der Waals surface area contributed by atoms with Crippen molar-refractivity contribution in [1.82, 2.24) is 5.32 Å². The Labute approximate surface area is 95.6 Å². The number of likely N-dealkylation sites (N-methyl/N-ethyl adjacent to an activating group) is 1. The van der Waals surface area contributed by atoms with Crippen LogP contribution in [-0.4, -0.2) is 26.2 Å². The molecular weight excluding hydrogens is 206 g/mol. The predicted octanol–water partition coefficient (Wildman–Crippen LogP) is 1.60. The van der Waals surface area contributed by atoms with Crippen molar-refractivity contribution >= 4 is 5.91 Å². The molecule has 0 aromatic heterocycles. The highest BCUT2D eigenvalue weighted by Gasteiger charge is 2.18. The fraction of sp³-hybridized carbons (Fsp3) is 0.417. The van der Waals surface area contributed by atoms with Crippen LogP contribution in [0.25, 0.3) is 0 Å². The maximum atomic E-state index is 11.5. The van der Waals surface area contributed by atoms with Gasteiger partial charge in [-0.3, -0.25) is 4.79 Å². The van der Waals surface area contributed by atoms with Gasteiger partial charge in [0, 0.05) is 7.05 Å². The molecule has 1 aromatic carbocycles. The lowest BCUT2D eigenvalue weighted by Crippen LogP contribution is -2.35. The molecule has 1 amide bonds. The predicted molar refractivity (Wildman–Crippen MR) is 61.8 cm³/mol. The van der Waals surface area contributed by atoms with Crippen LogP contribution < -0.4 is 14.8 Å². The Bertz CT molecular complexity index is 352. The topological polar surface area (TPSA) is 47.6 Å². The van der Waals surface area contributed by atoms with Gasteiger partial charge in [-0.05, 0) is 18.6 Å².